The highest BCUT2D eigenvalue weighted by molar-refractivity contribution is 7.43. The van der Waals surface area contributed by atoms with E-state index in [0.717, 1.165) is 45.9 Å². The van der Waals surface area contributed by atoms with E-state index >= 15 is 0 Å². The van der Waals surface area contributed by atoms with E-state index in [9.17, 15) is 0 Å². The summed E-state index contributed by atoms with van der Waals surface area (Å²) in [5.41, 5.74) is 8.23. The fourth-order valence-corrected chi connectivity index (χ4v) is 7.25. The molecule has 3 aromatic carbocycles. The Bertz CT molecular complexity index is 1410. The first kappa shape index (κ1) is 40.9. The molecule has 0 heterocycles. The van der Waals surface area contributed by atoms with Gasteiger partial charge in [0.05, 0.1) is 0 Å². The Balaban J connectivity index is 2.02. The summed E-state index contributed by atoms with van der Waals surface area (Å²) in [7, 11) is -1.86. The zero-order chi connectivity index (χ0) is 36.8. The average molecular weight is 689 g/mol. The Morgan fingerprint density at radius 3 is 1.29 bits per heavy atom. The van der Waals surface area contributed by atoms with Crippen LogP contribution in [0.4, 0.5) is 0 Å². The molecule has 0 fully saturated rings. The molecule has 0 aliphatic rings. The molecule has 272 valence electrons. The third-order valence-corrected chi connectivity index (χ3v) is 10.4. The van der Waals surface area contributed by atoms with Crippen molar-refractivity contribution in [2.45, 2.75) is 177 Å². The maximum absolute atomic E-state index is 6.97. The summed E-state index contributed by atoms with van der Waals surface area (Å²) in [6.07, 6.45) is 10.3. The minimum absolute atomic E-state index is 0.0192. The molecule has 0 saturated heterocycles. The molecule has 0 radical (unpaired) electrons. The topological polar surface area (TPSA) is 27.7 Å². The van der Waals surface area contributed by atoms with Gasteiger partial charge >= 0.3 is 8.60 Å². The first-order valence-electron chi connectivity index (χ1n) is 18.9. The van der Waals surface area contributed by atoms with Gasteiger partial charge in [-0.05, 0) is 88.3 Å². The number of unbranched alkanes of at least 4 members (excludes halogenated alkanes) is 6. The standard InChI is InChI=1S/C45H69O3P/c1-16-17-18-19-20-21-22-23-34-24-26-37(27-25-34)46-49(47-40-32(2)28-35(42(4,5)6)30-38(40)44(10,11)12)48-41-33(3)29-36(43(7,8)9)31-39(41)45(13,14)15/h24-31H,16-23H2,1-15H3. The SMILES string of the molecule is CCCCCCCCCc1ccc(OP(Oc2c(C)cc(C(C)(C)C)cc2C(C)(C)C)Oc2c(C)cc(C(C)(C)C)cc2C(C)(C)C)cc1. The van der Waals surface area contributed by atoms with Crippen LogP contribution in [0.15, 0.2) is 48.5 Å². The molecule has 3 aromatic rings. The second-order valence-electron chi connectivity index (χ2n) is 18.4. The fourth-order valence-electron chi connectivity index (χ4n) is 6.06. The molecule has 0 aliphatic heterocycles. The summed E-state index contributed by atoms with van der Waals surface area (Å²) < 4.78 is 20.7. The molecule has 0 saturated carbocycles. The van der Waals surface area contributed by atoms with Gasteiger partial charge in [0, 0.05) is 11.1 Å². The summed E-state index contributed by atoms with van der Waals surface area (Å²) in [4.78, 5) is 0. The van der Waals surface area contributed by atoms with Gasteiger partial charge < -0.3 is 13.6 Å². The van der Waals surface area contributed by atoms with Crippen LogP contribution >= 0.6 is 8.60 Å². The number of benzene rings is 3. The molecule has 0 spiro atoms. The van der Waals surface area contributed by atoms with E-state index in [1.807, 2.05) is 0 Å². The van der Waals surface area contributed by atoms with Gasteiger partial charge in [0.15, 0.2) is 0 Å². The number of aryl methyl sites for hydroxylation is 3. The second kappa shape index (κ2) is 16.7. The van der Waals surface area contributed by atoms with Crippen LogP contribution < -0.4 is 13.6 Å². The highest BCUT2D eigenvalue weighted by Crippen LogP contribution is 2.50. The molecule has 3 rings (SSSR count). The second-order valence-corrected chi connectivity index (χ2v) is 19.3. The van der Waals surface area contributed by atoms with Gasteiger partial charge in [-0.1, -0.05) is 165 Å². The van der Waals surface area contributed by atoms with Crippen LogP contribution in [0.2, 0.25) is 0 Å². The van der Waals surface area contributed by atoms with Crippen molar-refractivity contribution < 1.29 is 13.6 Å². The first-order chi connectivity index (χ1) is 22.6. The van der Waals surface area contributed by atoms with Gasteiger partial charge in [0.1, 0.15) is 17.2 Å². The van der Waals surface area contributed by atoms with Crippen LogP contribution in [0.3, 0.4) is 0 Å². The minimum atomic E-state index is -1.86. The van der Waals surface area contributed by atoms with Crippen molar-refractivity contribution in [3.05, 3.63) is 87.5 Å². The predicted molar refractivity (Wildman–Crippen MR) is 214 cm³/mol. The quantitative estimate of drug-likeness (QED) is 0.125. The van der Waals surface area contributed by atoms with Crippen LogP contribution in [0.1, 0.15) is 174 Å². The molecule has 0 bridgehead atoms. The average Bonchev–Trinajstić information content (AvgIpc) is 2.97. The van der Waals surface area contributed by atoms with Gasteiger partial charge in [-0.2, -0.15) is 0 Å². The lowest BCUT2D eigenvalue weighted by Gasteiger charge is -2.31. The molecular formula is C45H69O3P. The van der Waals surface area contributed by atoms with E-state index in [1.165, 1.54) is 61.6 Å². The highest BCUT2D eigenvalue weighted by Gasteiger charge is 2.32. The molecule has 0 amide bonds. The monoisotopic (exact) mass is 688 g/mol. The van der Waals surface area contributed by atoms with Crippen LogP contribution in [0.5, 0.6) is 17.2 Å². The van der Waals surface area contributed by atoms with E-state index in [0.29, 0.717) is 0 Å². The summed E-state index contributed by atoms with van der Waals surface area (Å²) in [6.45, 7) is 33.7. The number of rotatable bonds is 14. The molecule has 3 nitrogen and oxygen atoms in total. The van der Waals surface area contributed by atoms with Crippen molar-refractivity contribution in [1.29, 1.82) is 0 Å². The molecule has 0 N–H and O–H groups in total. The predicted octanol–water partition coefficient (Wildman–Crippen LogP) is 14.6. The maximum atomic E-state index is 6.97. The smallest absolute Gasteiger partial charge is 0.409 e. The highest BCUT2D eigenvalue weighted by atomic mass is 31.2. The molecule has 0 atom stereocenters. The van der Waals surface area contributed by atoms with Gasteiger partial charge in [0.2, 0.25) is 0 Å². The Hall–Kier alpha value is -2.51. The zero-order valence-corrected chi connectivity index (χ0v) is 34.8. The Morgan fingerprint density at radius 1 is 0.490 bits per heavy atom. The van der Waals surface area contributed by atoms with Crippen molar-refractivity contribution in [2.24, 2.45) is 0 Å². The number of hydrogen-bond acceptors (Lipinski definition) is 3. The summed E-state index contributed by atoms with van der Waals surface area (Å²) in [6, 6.07) is 17.7. The maximum Gasteiger partial charge on any atom is 0.530 e. The molecule has 0 aliphatic carbocycles. The molecule has 0 unspecified atom stereocenters. The van der Waals surface area contributed by atoms with Crippen LogP contribution in [-0.4, -0.2) is 0 Å². The van der Waals surface area contributed by atoms with E-state index in [1.54, 1.807) is 0 Å². The van der Waals surface area contributed by atoms with E-state index in [4.69, 9.17) is 13.6 Å². The lowest BCUT2D eigenvalue weighted by molar-refractivity contribution is 0.374. The first-order valence-corrected chi connectivity index (χ1v) is 19.9. The van der Waals surface area contributed by atoms with Crippen LogP contribution in [0.25, 0.3) is 0 Å². The summed E-state index contributed by atoms with van der Waals surface area (Å²) in [5, 5.41) is 0. The molecular weight excluding hydrogens is 619 g/mol. The van der Waals surface area contributed by atoms with Crippen molar-refractivity contribution in [2.75, 3.05) is 0 Å². The Labute approximate surface area is 302 Å². The third kappa shape index (κ3) is 12.1. The minimum Gasteiger partial charge on any atom is -0.409 e. The third-order valence-electron chi connectivity index (χ3n) is 9.40. The van der Waals surface area contributed by atoms with E-state index in [-0.39, 0.29) is 21.7 Å². The molecule has 0 aromatic heterocycles. The van der Waals surface area contributed by atoms with Gasteiger partial charge in [0.25, 0.3) is 0 Å². The van der Waals surface area contributed by atoms with Gasteiger partial charge in [-0.15, -0.1) is 0 Å². The largest absolute Gasteiger partial charge is 0.530 e. The lowest BCUT2D eigenvalue weighted by atomic mass is 9.79. The normalized spacial score (nSPS) is 12.8. The Morgan fingerprint density at radius 2 is 0.898 bits per heavy atom. The van der Waals surface area contributed by atoms with Crippen molar-refractivity contribution in [3.63, 3.8) is 0 Å². The van der Waals surface area contributed by atoms with E-state index in [2.05, 4.69) is 152 Å². The van der Waals surface area contributed by atoms with Gasteiger partial charge in [-0.3, -0.25) is 0 Å². The van der Waals surface area contributed by atoms with E-state index < -0.39 is 8.60 Å². The summed E-state index contributed by atoms with van der Waals surface area (Å²) in [5.74, 6) is 2.46. The zero-order valence-electron chi connectivity index (χ0n) is 33.9. The molecule has 49 heavy (non-hydrogen) atoms. The van der Waals surface area contributed by atoms with Crippen molar-refractivity contribution in [3.8, 4) is 17.2 Å². The summed E-state index contributed by atoms with van der Waals surface area (Å²) >= 11 is 0. The van der Waals surface area contributed by atoms with Gasteiger partial charge in [-0.25, -0.2) is 0 Å². The lowest BCUT2D eigenvalue weighted by Crippen LogP contribution is -2.20. The van der Waals surface area contributed by atoms with Crippen molar-refractivity contribution >= 4 is 8.60 Å². The van der Waals surface area contributed by atoms with Crippen LogP contribution in [-0.2, 0) is 28.1 Å². The van der Waals surface area contributed by atoms with Crippen molar-refractivity contribution in [1.82, 2.24) is 0 Å². The molecule has 4 heteroatoms. The number of hydrogen-bond donors (Lipinski definition) is 0. The van der Waals surface area contributed by atoms with Crippen LogP contribution in [0, 0.1) is 13.8 Å². The fraction of sp³-hybridized carbons (Fsp3) is 0.600. The Kier molecular flexibility index (Phi) is 13.9.